The number of aromatic nitrogens is 2. The normalized spacial score (nSPS) is 10.1. The van der Waals surface area contributed by atoms with E-state index in [2.05, 4.69) is 15.3 Å². The van der Waals surface area contributed by atoms with Crippen molar-refractivity contribution in [2.45, 2.75) is 6.42 Å². The van der Waals surface area contributed by atoms with E-state index in [0.29, 0.717) is 16.5 Å². The van der Waals surface area contributed by atoms with Crippen LogP contribution in [-0.2, 0) is 11.2 Å². The molecule has 0 saturated carbocycles. The minimum Gasteiger partial charge on any atom is -0.481 e. The number of thiazole rings is 2. The highest BCUT2D eigenvalue weighted by atomic mass is 32.1. The summed E-state index contributed by atoms with van der Waals surface area (Å²) in [4.78, 5) is 29.9. The lowest BCUT2D eigenvalue weighted by Crippen LogP contribution is -2.12. The smallest absolute Gasteiger partial charge is 0.309 e. The molecule has 0 spiro atoms. The molecule has 0 aromatic carbocycles. The third-order valence-corrected chi connectivity index (χ3v) is 3.16. The second-order valence-electron chi connectivity index (χ2n) is 3.04. The fraction of sp³-hybridized carbons (Fsp3) is 0.111. The van der Waals surface area contributed by atoms with Gasteiger partial charge in [0.1, 0.15) is 5.69 Å². The van der Waals surface area contributed by atoms with Crippen molar-refractivity contribution in [1.82, 2.24) is 9.97 Å². The van der Waals surface area contributed by atoms with Crippen molar-refractivity contribution in [3.8, 4) is 0 Å². The first-order chi connectivity index (χ1) is 8.15. The summed E-state index contributed by atoms with van der Waals surface area (Å²) in [6.45, 7) is 0. The topological polar surface area (TPSA) is 92.2 Å². The van der Waals surface area contributed by atoms with Gasteiger partial charge in [-0.15, -0.1) is 22.7 Å². The third kappa shape index (κ3) is 3.08. The molecule has 2 rings (SSSR count). The van der Waals surface area contributed by atoms with Crippen LogP contribution in [0.15, 0.2) is 16.3 Å². The average Bonchev–Trinajstić information content (AvgIpc) is 2.87. The zero-order valence-electron chi connectivity index (χ0n) is 8.41. The highest BCUT2D eigenvalue weighted by Crippen LogP contribution is 2.16. The van der Waals surface area contributed by atoms with Crippen LogP contribution in [0.25, 0.3) is 0 Å². The van der Waals surface area contributed by atoms with E-state index in [1.807, 2.05) is 0 Å². The van der Waals surface area contributed by atoms with Gasteiger partial charge in [0.15, 0.2) is 5.13 Å². The lowest BCUT2D eigenvalue weighted by molar-refractivity contribution is -0.136. The highest BCUT2D eigenvalue weighted by molar-refractivity contribution is 7.14. The van der Waals surface area contributed by atoms with Gasteiger partial charge in [0.05, 0.1) is 17.6 Å². The number of carboxylic acid groups (broad SMARTS) is 1. The quantitative estimate of drug-likeness (QED) is 0.877. The first-order valence-corrected chi connectivity index (χ1v) is 6.33. The molecule has 2 aromatic rings. The Bertz CT molecular complexity index is 535. The number of nitrogens with one attached hydrogen (secondary N) is 1. The number of carbonyl (C=O) groups excluding carboxylic acids is 1. The predicted molar refractivity (Wildman–Crippen MR) is 63.5 cm³/mol. The van der Waals surface area contributed by atoms with Crippen molar-refractivity contribution in [1.29, 1.82) is 0 Å². The SMILES string of the molecule is O=C(O)Cc1csc(NC(=O)c2cscn2)n1. The summed E-state index contributed by atoms with van der Waals surface area (Å²) in [6.07, 6.45) is -0.150. The standard InChI is InChI=1S/C9H7N3O3S2/c13-7(14)1-5-2-17-9(11-5)12-8(15)6-3-16-4-10-6/h2-4H,1H2,(H,13,14)(H,11,12,15). The zero-order chi connectivity index (χ0) is 12.3. The molecule has 0 unspecified atom stereocenters. The number of amides is 1. The Morgan fingerprint density at radius 3 is 2.88 bits per heavy atom. The fourth-order valence-corrected chi connectivity index (χ4v) is 2.32. The molecule has 88 valence electrons. The van der Waals surface area contributed by atoms with E-state index in [0.717, 1.165) is 0 Å². The summed E-state index contributed by atoms with van der Waals surface area (Å²) in [5.41, 5.74) is 2.31. The van der Waals surface area contributed by atoms with Crippen LogP contribution in [0.5, 0.6) is 0 Å². The van der Waals surface area contributed by atoms with Gasteiger partial charge in [-0.1, -0.05) is 0 Å². The van der Waals surface area contributed by atoms with Gasteiger partial charge in [-0.05, 0) is 0 Å². The lowest BCUT2D eigenvalue weighted by Gasteiger charge is -1.96. The molecule has 6 nitrogen and oxygen atoms in total. The van der Waals surface area contributed by atoms with Crippen LogP contribution in [0.3, 0.4) is 0 Å². The van der Waals surface area contributed by atoms with E-state index in [1.165, 1.54) is 22.7 Å². The molecule has 17 heavy (non-hydrogen) atoms. The molecule has 0 radical (unpaired) electrons. The Kier molecular flexibility index (Phi) is 3.45. The first-order valence-electron chi connectivity index (χ1n) is 4.51. The van der Waals surface area contributed by atoms with Gasteiger partial charge in [-0.2, -0.15) is 0 Å². The van der Waals surface area contributed by atoms with Crippen LogP contribution in [0.2, 0.25) is 0 Å². The highest BCUT2D eigenvalue weighted by Gasteiger charge is 2.11. The van der Waals surface area contributed by atoms with Crippen LogP contribution in [0.1, 0.15) is 16.2 Å². The maximum Gasteiger partial charge on any atom is 0.309 e. The molecule has 0 atom stereocenters. The Balaban J connectivity index is 2.02. The summed E-state index contributed by atoms with van der Waals surface area (Å²) in [7, 11) is 0. The molecule has 0 aliphatic rings. The van der Waals surface area contributed by atoms with Crippen molar-refractivity contribution in [3.05, 3.63) is 27.7 Å². The summed E-state index contributed by atoms with van der Waals surface area (Å²) in [6, 6.07) is 0. The minimum absolute atomic E-state index is 0.150. The molecule has 0 bridgehead atoms. The maximum atomic E-state index is 11.6. The summed E-state index contributed by atoms with van der Waals surface area (Å²) in [5, 5.41) is 14.7. The molecule has 1 amide bonds. The van der Waals surface area contributed by atoms with E-state index in [1.54, 1.807) is 16.3 Å². The summed E-state index contributed by atoms with van der Waals surface area (Å²) < 4.78 is 0. The maximum absolute atomic E-state index is 11.6. The number of hydrogen-bond acceptors (Lipinski definition) is 6. The molecule has 0 saturated heterocycles. The second-order valence-corrected chi connectivity index (χ2v) is 4.62. The van der Waals surface area contributed by atoms with E-state index in [-0.39, 0.29) is 12.3 Å². The Morgan fingerprint density at radius 2 is 2.24 bits per heavy atom. The monoisotopic (exact) mass is 269 g/mol. The van der Waals surface area contributed by atoms with Crippen molar-refractivity contribution < 1.29 is 14.7 Å². The molecule has 2 N–H and O–H groups in total. The number of carboxylic acids is 1. The van der Waals surface area contributed by atoms with Crippen molar-refractivity contribution in [2.24, 2.45) is 0 Å². The lowest BCUT2D eigenvalue weighted by atomic mass is 10.3. The molecular formula is C9H7N3O3S2. The van der Waals surface area contributed by atoms with Crippen molar-refractivity contribution in [2.75, 3.05) is 5.32 Å². The fourth-order valence-electron chi connectivity index (χ4n) is 1.09. The Labute approximate surface area is 104 Å². The van der Waals surface area contributed by atoms with Crippen molar-refractivity contribution >= 4 is 39.7 Å². The molecule has 0 aliphatic carbocycles. The second kappa shape index (κ2) is 5.02. The molecule has 8 heteroatoms. The van der Waals surface area contributed by atoms with Crippen molar-refractivity contribution in [3.63, 3.8) is 0 Å². The number of rotatable bonds is 4. The number of carbonyl (C=O) groups is 2. The zero-order valence-corrected chi connectivity index (χ0v) is 10.0. The molecule has 2 heterocycles. The summed E-state index contributed by atoms with van der Waals surface area (Å²) >= 11 is 2.51. The van der Waals surface area contributed by atoms with Gasteiger partial charge < -0.3 is 5.11 Å². The van der Waals surface area contributed by atoms with Crippen LogP contribution < -0.4 is 5.32 Å². The van der Waals surface area contributed by atoms with E-state index in [4.69, 9.17) is 5.11 Å². The van der Waals surface area contributed by atoms with Crippen LogP contribution in [0.4, 0.5) is 5.13 Å². The molecule has 0 fully saturated rings. The number of anilines is 1. The summed E-state index contributed by atoms with van der Waals surface area (Å²) in [5.74, 6) is -1.30. The van der Waals surface area contributed by atoms with E-state index in [9.17, 15) is 9.59 Å². The van der Waals surface area contributed by atoms with Gasteiger partial charge in [0.2, 0.25) is 0 Å². The minimum atomic E-state index is -0.951. The molecule has 2 aromatic heterocycles. The Morgan fingerprint density at radius 1 is 1.41 bits per heavy atom. The van der Waals surface area contributed by atoms with Gasteiger partial charge in [-0.25, -0.2) is 9.97 Å². The van der Waals surface area contributed by atoms with Crippen LogP contribution in [0, 0.1) is 0 Å². The number of nitrogens with zero attached hydrogens (tertiary/aromatic N) is 2. The van der Waals surface area contributed by atoms with Crippen LogP contribution >= 0.6 is 22.7 Å². The van der Waals surface area contributed by atoms with Gasteiger partial charge in [0, 0.05) is 10.8 Å². The van der Waals surface area contributed by atoms with Gasteiger partial charge in [-0.3, -0.25) is 14.9 Å². The van der Waals surface area contributed by atoms with E-state index < -0.39 is 5.97 Å². The third-order valence-electron chi connectivity index (χ3n) is 1.77. The average molecular weight is 269 g/mol. The first kappa shape index (κ1) is 11.7. The van der Waals surface area contributed by atoms with Crippen LogP contribution in [-0.4, -0.2) is 27.0 Å². The van der Waals surface area contributed by atoms with E-state index >= 15 is 0 Å². The largest absolute Gasteiger partial charge is 0.481 e. The molecular weight excluding hydrogens is 262 g/mol. The Hall–Kier alpha value is -1.80. The predicted octanol–water partition coefficient (Wildman–Crippen LogP) is 1.48. The number of hydrogen-bond donors (Lipinski definition) is 2. The molecule has 0 aliphatic heterocycles. The number of aliphatic carboxylic acids is 1. The van der Waals surface area contributed by atoms with Gasteiger partial charge >= 0.3 is 5.97 Å². The van der Waals surface area contributed by atoms with Gasteiger partial charge in [0.25, 0.3) is 5.91 Å².